The standard InChI is InChI=1S/C52H30O2/c1-9-31-11-3-23-47-51(31)45(21-1)43-27-25-33(29-49(43)53-47)35-13-5-17-39-37(35)15-7-19-41(39)42-20-8-16-38-36(14-6-18-40(38)42)34-26-28-44-46-22-2-10-32-12-4-24-48(52(32)46)54-50(44)30-34/h1-30H. The molecule has 2 nitrogen and oxygen atoms in total. The van der Waals surface area contributed by atoms with Crippen molar-refractivity contribution in [3.8, 4) is 78.6 Å². The maximum absolute atomic E-state index is 6.56. The predicted molar refractivity (Wildman–Crippen MR) is 224 cm³/mol. The van der Waals surface area contributed by atoms with Crippen molar-refractivity contribution in [2.75, 3.05) is 0 Å². The van der Waals surface area contributed by atoms with Gasteiger partial charge in [-0.15, -0.1) is 0 Å². The smallest absolute Gasteiger partial charge is 0.135 e. The fourth-order valence-corrected chi connectivity index (χ4v) is 9.06. The maximum atomic E-state index is 6.56. The molecule has 2 heteroatoms. The van der Waals surface area contributed by atoms with E-state index in [0.717, 1.165) is 45.3 Å². The van der Waals surface area contributed by atoms with Gasteiger partial charge in [-0.2, -0.15) is 0 Å². The summed E-state index contributed by atoms with van der Waals surface area (Å²) in [7, 11) is 0. The molecule has 0 aliphatic carbocycles. The zero-order chi connectivity index (χ0) is 35.3. The minimum atomic E-state index is 0.891. The molecule has 54 heavy (non-hydrogen) atoms. The number of hydrogen-bond donors (Lipinski definition) is 0. The van der Waals surface area contributed by atoms with Crippen LogP contribution in [0.4, 0.5) is 0 Å². The molecule has 0 N–H and O–H groups in total. The van der Waals surface area contributed by atoms with Crippen molar-refractivity contribution < 1.29 is 9.47 Å². The molecule has 0 unspecified atom stereocenters. The molecule has 2 heterocycles. The summed E-state index contributed by atoms with van der Waals surface area (Å²) in [5.41, 5.74) is 11.8. The van der Waals surface area contributed by atoms with Gasteiger partial charge in [0.15, 0.2) is 0 Å². The zero-order valence-corrected chi connectivity index (χ0v) is 29.1. The summed E-state index contributed by atoms with van der Waals surface area (Å²) in [5, 5.41) is 9.61. The summed E-state index contributed by atoms with van der Waals surface area (Å²) in [6.45, 7) is 0. The number of hydrogen-bond acceptors (Lipinski definition) is 2. The zero-order valence-electron chi connectivity index (χ0n) is 29.1. The SMILES string of the molecule is c1cc2c3c(cccc3c1)-c1ccc(-c3cccc4c(-c5cccc6c(-c7ccc8c(c7)Oc7cccc9cccc-8c79)cccc56)cccc34)cc1O2. The van der Waals surface area contributed by atoms with Crippen LogP contribution in [-0.2, 0) is 0 Å². The van der Waals surface area contributed by atoms with Crippen LogP contribution in [0.25, 0.3) is 98.7 Å². The summed E-state index contributed by atoms with van der Waals surface area (Å²) in [6, 6.07) is 65.6. The van der Waals surface area contributed by atoms with Crippen molar-refractivity contribution in [2.45, 2.75) is 0 Å². The summed E-state index contributed by atoms with van der Waals surface area (Å²) in [6.07, 6.45) is 0. The Kier molecular flexibility index (Phi) is 6.09. The van der Waals surface area contributed by atoms with Crippen molar-refractivity contribution in [3.63, 3.8) is 0 Å². The predicted octanol–water partition coefficient (Wildman–Crippen LogP) is 14.8. The monoisotopic (exact) mass is 686 g/mol. The van der Waals surface area contributed by atoms with Crippen LogP contribution in [0.2, 0.25) is 0 Å². The normalized spacial score (nSPS) is 12.4. The van der Waals surface area contributed by atoms with E-state index in [4.69, 9.17) is 9.47 Å². The molecule has 10 aromatic rings. The minimum Gasteiger partial charge on any atom is -0.456 e. The summed E-state index contributed by atoms with van der Waals surface area (Å²) >= 11 is 0. The Morgan fingerprint density at radius 3 is 1.04 bits per heavy atom. The summed E-state index contributed by atoms with van der Waals surface area (Å²) in [5.74, 6) is 3.60. The van der Waals surface area contributed by atoms with Crippen LogP contribution >= 0.6 is 0 Å². The number of ether oxygens (including phenoxy) is 2. The lowest BCUT2D eigenvalue weighted by molar-refractivity contribution is 0.487. The van der Waals surface area contributed by atoms with Gasteiger partial charge in [-0.25, -0.2) is 0 Å². The Morgan fingerprint density at radius 1 is 0.241 bits per heavy atom. The third kappa shape index (κ3) is 4.22. The van der Waals surface area contributed by atoms with Gasteiger partial charge in [-0.1, -0.05) is 146 Å². The molecule has 0 saturated heterocycles. The molecule has 250 valence electrons. The lowest BCUT2D eigenvalue weighted by Crippen LogP contribution is -1.97. The highest BCUT2D eigenvalue weighted by atomic mass is 16.5. The van der Waals surface area contributed by atoms with Gasteiger partial charge in [-0.05, 0) is 113 Å². The van der Waals surface area contributed by atoms with E-state index in [1.54, 1.807) is 0 Å². The van der Waals surface area contributed by atoms with Crippen molar-refractivity contribution in [2.24, 2.45) is 0 Å². The van der Waals surface area contributed by atoms with E-state index in [9.17, 15) is 0 Å². The molecule has 0 amide bonds. The second kappa shape index (κ2) is 11.2. The highest BCUT2D eigenvalue weighted by Crippen LogP contribution is 2.50. The molecule has 0 aromatic heterocycles. The van der Waals surface area contributed by atoms with Crippen molar-refractivity contribution >= 4 is 43.1 Å². The van der Waals surface area contributed by atoms with Gasteiger partial charge in [0.1, 0.15) is 23.0 Å². The topological polar surface area (TPSA) is 18.5 Å². The van der Waals surface area contributed by atoms with E-state index in [1.165, 1.54) is 76.5 Å². The molecular formula is C52H30O2. The van der Waals surface area contributed by atoms with E-state index < -0.39 is 0 Å². The van der Waals surface area contributed by atoms with Gasteiger partial charge in [-0.3, -0.25) is 0 Å². The average Bonchev–Trinajstić information content (AvgIpc) is 3.23. The van der Waals surface area contributed by atoms with Gasteiger partial charge in [0, 0.05) is 21.9 Å². The largest absolute Gasteiger partial charge is 0.456 e. The van der Waals surface area contributed by atoms with Crippen LogP contribution in [0.5, 0.6) is 23.0 Å². The van der Waals surface area contributed by atoms with Crippen LogP contribution < -0.4 is 9.47 Å². The van der Waals surface area contributed by atoms with Crippen molar-refractivity contribution in [1.29, 1.82) is 0 Å². The third-order valence-electron chi connectivity index (χ3n) is 11.5. The van der Waals surface area contributed by atoms with Crippen molar-refractivity contribution in [1.82, 2.24) is 0 Å². The molecular weight excluding hydrogens is 657 g/mol. The molecule has 0 fully saturated rings. The quantitative estimate of drug-likeness (QED) is 0.184. The Hall–Kier alpha value is -7.16. The van der Waals surface area contributed by atoms with Gasteiger partial charge in [0.2, 0.25) is 0 Å². The molecule has 0 spiro atoms. The van der Waals surface area contributed by atoms with Crippen LogP contribution in [0, 0.1) is 0 Å². The van der Waals surface area contributed by atoms with Gasteiger partial charge in [0.05, 0.1) is 0 Å². The summed E-state index contributed by atoms with van der Waals surface area (Å²) < 4.78 is 13.1. The molecule has 0 radical (unpaired) electrons. The van der Waals surface area contributed by atoms with Crippen molar-refractivity contribution in [3.05, 3.63) is 182 Å². The first-order chi connectivity index (χ1) is 26.8. The Morgan fingerprint density at radius 2 is 0.593 bits per heavy atom. The average molecular weight is 687 g/mol. The highest BCUT2D eigenvalue weighted by Gasteiger charge is 2.23. The Labute approximate surface area is 312 Å². The van der Waals surface area contributed by atoms with Gasteiger partial charge < -0.3 is 9.47 Å². The minimum absolute atomic E-state index is 0.891. The van der Waals surface area contributed by atoms with E-state index in [-0.39, 0.29) is 0 Å². The van der Waals surface area contributed by atoms with Crippen LogP contribution in [0.3, 0.4) is 0 Å². The van der Waals surface area contributed by atoms with E-state index >= 15 is 0 Å². The third-order valence-corrected chi connectivity index (χ3v) is 11.5. The first-order valence-electron chi connectivity index (χ1n) is 18.5. The Balaban J connectivity index is 0.968. The number of benzene rings is 10. The number of fused-ring (bicyclic) bond motifs is 6. The lowest BCUT2D eigenvalue weighted by Gasteiger charge is -2.22. The highest BCUT2D eigenvalue weighted by molar-refractivity contribution is 6.12. The molecule has 0 atom stereocenters. The second-order valence-corrected chi connectivity index (χ2v) is 14.4. The summed E-state index contributed by atoms with van der Waals surface area (Å²) in [4.78, 5) is 0. The molecule has 0 bridgehead atoms. The maximum Gasteiger partial charge on any atom is 0.135 e. The van der Waals surface area contributed by atoms with Crippen LogP contribution in [-0.4, -0.2) is 0 Å². The van der Waals surface area contributed by atoms with Gasteiger partial charge >= 0.3 is 0 Å². The fraction of sp³-hybridized carbons (Fsp3) is 0. The number of rotatable bonds is 3. The van der Waals surface area contributed by atoms with E-state index in [0.29, 0.717) is 0 Å². The van der Waals surface area contributed by atoms with Crippen LogP contribution in [0.15, 0.2) is 182 Å². The van der Waals surface area contributed by atoms with Crippen LogP contribution in [0.1, 0.15) is 0 Å². The van der Waals surface area contributed by atoms with E-state index in [2.05, 4.69) is 182 Å². The van der Waals surface area contributed by atoms with Gasteiger partial charge in [0.25, 0.3) is 0 Å². The molecule has 10 aromatic carbocycles. The molecule has 0 saturated carbocycles. The first kappa shape index (κ1) is 29.4. The molecule has 2 aliphatic heterocycles. The Bertz CT molecular complexity index is 3000. The van der Waals surface area contributed by atoms with E-state index in [1.807, 2.05) is 0 Å². The first-order valence-corrected chi connectivity index (χ1v) is 18.5. The lowest BCUT2D eigenvalue weighted by atomic mass is 9.88. The fourth-order valence-electron chi connectivity index (χ4n) is 9.06. The molecule has 12 rings (SSSR count). The second-order valence-electron chi connectivity index (χ2n) is 14.4. The molecule has 2 aliphatic rings.